The van der Waals surface area contributed by atoms with E-state index in [-0.39, 0.29) is 11.4 Å². The molecule has 6 nitrogen and oxygen atoms in total. The Labute approximate surface area is 132 Å². The minimum Gasteiger partial charge on any atom is -0.369 e. The largest absolute Gasteiger partial charge is 0.369 e. The summed E-state index contributed by atoms with van der Waals surface area (Å²) in [5.74, 6) is -2.03. The van der Waals surface area contributed by atoms with E-state index in [0.717, 1.165) is 18.7 Å². The first-order valence-electron chi connectivity index (χ1n) is 6.93. The predicted octanol–water partition coefficient (Wildman–Crippen LogP) is 1.98. The molecule has 0 aliphatic heterocycles. The average molecular weight is 321 g/mol. The molecule has 2 rings (SSSR count). The molecular formula is C15H17F2N5O. The number of halogens is 2. The lowest BCUT2D eigenvalue weighted by Gasteiger charge is -2.11. The summed E-state index contributed by atoms with van der Waals surface area (Å²) < 4.78 is 26.0. The summed E-state index contributed by atoms with van der Waals surface area (Å²) in [6.45, 7) is 1.47. The molecule has 0 spiro atoms. The number of rotatable bonds is 6. The van der Waals surface area contributed by atoms with Gasteiger partial charge in [-0.1, -0.05) is 0 Å². The van der Waals surface area contributed by atoms with E-state index in [2.05, 4.69) is 20.6 Å². The molecular weight excluding hydrogens is 304 g/mol. The zero-order chi connectivity index (χ0) is 16.8. The van der Waals surface area contributed by atoms with E-state index >= 15 is 0 Å². The first-order chi connectivity index (χ1) is 11.0. The summed E-state index contributed by atoms with van der Waals surface area (Å²) in [6, 6.07) is 4.61. The van der Waals surface area contributed by atoms with Crippen molar-refractivity contribution in [3.05, 3.63) is 47.9 Å². The number of carbonyl (C=O) groups excluding carboxylic acids is 1. The van der Waals surface area contributed by atoms with Gasteiger partial charge < -0.3 is 15.5 Å². The van der Waals surface area contributed by atoms with Crippen molar-refractivity contribution in [3.63, 3.8) is 0 Å². The van der Waals surface area contributed by atoms with Crippen LogP contribution in [0.2, 0.25) is 0 Å². The zero-order valence-corrected chi connectivity index (χ0v) is 12.8. The van der Waals surface area contributed by atoms with Crippen LogP contribution < -0.4 is 10.6 Å². The van der Waals surface area contributed by atoms with Crippen LogP contribution in [0, 0.1) is 11.6 Å². The maximum Gasteiger partial charge on any atom is 0.274 e. The lowest BCUT2D eigenvalue weighted by Crippen LogP contribution is -2.21. The Bertz CT molecular complexity index is 693. The van der Waals surface area contributed by atoms with Crippen molar-refractivity contribution in [2.75, 3.05) is 37.8 Å². The summed E-state index contributed by atoms with van der Waals surface area (Å²) in [7, 11) is 3.89. The van der Waals surface area contributed by atoms with E-state index in [0.29, 0.717) is 12.4 Å². The van der Waals surface area contributed by atoms with Crippen LogP contribution in [-0.4, -0.2) is 48.0 Å². The van der Waals surface area contributed by atoms with Crippen molar-refractivity contribution in [3.8, 4) is 0 Å². The smallest absolute Gasteiger partial charge is 0.274 e. The summed E-state index contributed by atoms with van der Waals surface area (Å²) >= 11 is 0. The van der Waals surface area contributed by atoms with Crippen molar-refractivity contribution < 1.29 is 13.6 Å². The lowest BCUT2D eigenvalue weighted by atomic mass is 10.3. The summed E-state index contributed by atoms with van der Waals surface area (Å²) in [5, 5.41) is 5.53. The maximum atomic E-state index is 13.1. The van der Waals surface area contributed by atoms with Gasteiger partial charge in [0.25, 0.3) is 5.91 Å². The molecule has 23 heavy (non-hydrogen) atoms. The number of likely N-dealkylation sites (N-methyl/N-ethyl adjacent to an activating group) is 1. The normalized spacial score (nSPS) is 10.7. The molecule has 1 amide bonds. The van der Waals surface area contributed by atoms with Gasteiger partial charge in [-0.15, -0.1) is 0 Å². The molecule has 2 N–H and O–H groups in total. The van der Waals surface area contributed by atoms with Gasteiger partial charge in [0.1, 0.15) is 17.8 Å². The van der Waals surface area contributed by atoms with Gasteiger partial charge in [0.05, 0.1) is 0 Å². The predicted molar refractivity (Wildman–Crippen MR) is 83.4 cm³/mol. The second-order valence-electron chi connectivity index (χ2n) is 5.10. The van der Waals surface area contributed by atoms with Gasteiger partial charge in [-0.3, -0.25) is 4.79 Å². The fraction of sp³-hybridized carbons (Fsp3) is 0.267. The summed E-state index contributed by atoms with van der Waals surface area (Å²) in [5.41, 5.74) is 0.270. The number of hydrogen-bond acceptors (Lipinski definition) is 5. The highest BCUT2D eigenvalue weighted by Crippen LogP contribution is 2.14. The molecule has 0 radical (unpaired) electrons. The number of benzene rings is 1. The number of nitrogens with zero attached hydrogens (tertiary/aromatic N) is 3. The summed E-state index contributed by atoms with van der Waals surface area (Å²) in [6.07, 6.45) is 1.26. The molecule has 0 unspecified atom stereocenters. The van der Waals surface area contributed by atoms with Crippen LogP contribution in [-0.2, 0) is 0 Å². The minimum atomic E-state index is -1.03. The molecule has 0 bridgehead atoms. The van der Waals surface area contributed by atoms with E-state index in [1.54, 1.807) is 0 Å². The Morgan fingerprint density at radius 1 is 1.17 bits per heavy atom. The van der Waals surface area contributed by atoms with Crippen molar-refractivity contribution in [2.24, 2.45) is 0 Å². The molecule has 0 aliphatic carbocycles. The Balaban J connectivity index is 2.02. The van der Waals surface area contributed by atoms with Crippen molar-refractivity contribution >= 4 is 17.4 Å². The molecule has 122 valence electrons. The zero-order valence-electron chi connectivity index (χ0n) is 12.8. The van der Waals surface area contributed by atoms with Crippen LogP contribution in [0.4, 0.5) is 20.3 Å². The Morgan fingerprint density at radius 2 is 1.96 bits per heavy atom. The van der Waals surface area contributed by atoms with Crippen LogP contribution in [0.5, 0.6) is 0 Å². The molecule has 2 aromatic rings. The number of anilines is 2. The molecule has 1 heterocycles. The Kier molecular flexibility index (Phi) is 5.53. The third-order valence-electron chi connectivity index (χ3n) is 2.94. The van der Waals surface area contributed by atoms with Crippen LogP contribution in [0.3, 0.4) is 0 Å². The number of amides is 1. The Hall–Kier alpha value is -2.61. The first kappa shape index (κ1) is 16.8. The SMILES string of the molecule is CN(C)CCNc1cc(C(=O)Nc2ccc(F)c(F)c2)ncn1. The van der Waals surface area contributed by atoms with Crippen LogP contribution in [0.25, 0.3) is 0 Å². The van der Waals surface area contributed by atoms with Gasteiger partial charge >= 0.3 is 0 Å². The van der Waals surface area contributed by atoms with Gasteiger partial charge in [0, 0.05) is 30.9 Å². The number of nitrogens with one attached hydrogen (secondary N) is 2. The highest BCUT2D eigenvalue weighted by Gasteiger charge is 2.11. The quantitative estimate of drug-likeness (QED) is 0.851. The van der Waals surface area contributed by atoms with E-state index < -0.39 is 17.5 Å². The number of carbonyl (C=O) groups is 1. The standard InChI is InChI=1S/C15H17F2N5O/c1-22(2)6-5-18-14-8-13(19-9-20-14)15(23)21-10-3-4-11(16)12(17)7-10/h3-4,7-9H,5-6H2,1-2H3,(H,21,23)(H,18,19,20). The minimum absolute atomic E-state index is 0.122. The van der Waals surface area contributed by atoms with Crippen molar-refractivity contribution in [2.45, 2.75) is 0 Å². The number of aromatic nitrogens is 2. The third-order valence-corrected chi connectivity index (χ3v) is 2.94. The monoisotopic (exact) mass is 321 g/mol. The van der Waals surface area contributed by atoms with Crippen molar-refractivity contribution in [1.29, 1.82) is 0 Å². The fourth-order valence-corrected chi connectivity index (χ4v) is 1.75. The topological polar surface area (TPSA) is 70.2 Å². The van der Waals surface area contributed by atoms with Crippen LogP contribution in [0.15, 0.2) is 30.6 Å². The number of hydrogen-bond donors (Lipinski definition) is 2. The molecule has 0 saturated heterocycles. The highest BCUT2D eigenvalue weighted by atomic mass is 19.2. The molecule has 0 aliphatic rings. The van der Waals surface area contributed by atoms with Gasteiger partial charge in [-0.05, 0) is 26.2 Å². The Morgan fingerprint density at radius 3 is 2.65 bits per heavy atom. The lowest BCUT2D eigenvalue weighted by molar-refractivity contribution is 0.102. The van der Waals surface area contributed by atoms with E-state index in [1.165, 1.54) is 18.5 Å². The second-order valence-corrected chi connectivity index (χ2v) is 5.10. The molecule has 1 aromatic heterocycles. The molecule has 8 heteroatoms. The third kappa shape index (κ3) is 4.96. The van der Waals surface area contributed by atoms with Gasteiger partial charge in [0.2, 0.25) is 0 Å². The van der Waals surface area contributed by atoms with E-state index in [9.17, 15) is 13.6 Å². The average Bonchev–Trinajstić information content (AvgIpc) is 2.51. The van der Waals surface area contributed by atoms with Crippen LogP contribution >= 0.6 is 0 Å². The van der Waals surface area contributed by atoms with Gasteiger partial charge in [-0.25, -0.2) is 18.7 Å². The molecule has 1 aromatic carbocycles. The molecule has 0 fully saturated rings. The van der Waals surface area contributed by atoms with Crippen molar-refractivity contribution in [1.82, 2.24) is 14.9 Å². The second kappa shape index (κ2) is 7.59. The van der Waals surface area contributed by atoms with E-state index in [4.69, 9.17) is 0 Å². The van der Waals surface area contributed by atoms with Crippen LogP contribution in [0.1, 0.15) is 10.5 Å². The summed E-state index contributed by atoms with van der Waals surface area (Å²) in [4.78, 5) is 22.0. The highest BCUT2D eigenvalue weighted by molar-refractivity contribution is 6.03. The molecule has 0 atom stereocenters. The maximum absolute atomic E-state index is 13.1. The fourth-order valence-electron chi connectivity index (χ4n) is 1.75. The first-order valence-corrected chi connectivity index (χ1v) is 6.93. The van der Waals surface area contributed by atoms with E-state index in [1.807, 2.05) is 19.0 Å². The van der Waals surface area contributed by atoms with Gasteiger partial charge in [0.15, 0.2) is 11.6 Å². The molecule has 0 saturated carbocycles. The van der Waals surface area contributed by atoms with Gasteiger partial charge in [-0.2, -0.15) is 0 Å².